The predicted molar refractivity (Wildman–Crippen MR) is 73.8 cm³/mol. The number of hydrogen-bond acceptors (Lipinski definition) is 4. The van der Waals surface area contributed by atoms with Crippen molar-refractivity contribution in [1.29, 1.82) is 0 Å². The van der Waals surface area contributed by atoms with E-state index in [-0.39, 0.29) is 12.1 Å². The van der Waals surface area contributed by atoms with E-state index in [9.17, 15) is 4.79 Å². The lowest BCUT2D eigenvalue weighted by atomic mass is 10.1. The molecule has 2 N–H and O–H groups in total. The molecule has 0 spiro atoms. The minimum Gasteiger partial charge on any atom is -0.458 e. The predicted octanol–water partition coefficient (Wildman–Crippen LogP) is 2.92. The molecule has 0 unspecified atom stereocenters. The Morgan fingerprint density at radius 3 is 2.79 bits per heavy atom. The van der Waals surface area contributed by atoms with Crippen molar-refractivity contribution in [3.63, 3.8) is 0 Å². The first-order valence-corrected chi connectivity index (χ1v) is 6.60. The molecule has 1 fully saturated rings. The number of aromatic nitrogens is 1. The van der Waals surface area contributed by atoms with Crippen molar-refractivity contribution in [2.75, 3.05) is 5.73 Å². The third-order valence-electron chi connectivity index (χ3n) is 3.53. The van der Waals surface area contributed by atoms with Gasteiger partial charge in [-0.2, -0.15) is 0 Å². The van der Waals surface area contributed by atoms with Crippen LogP contribution in [0.25, 0.3) is 10.9 Å². The number of carbonyl (C=O) groups excluding carboxylic acids is 1. The lowest BCUT2D eigenvalue weighted by Gasteiger charge is -2.11. The summed E-state index contributed by atoms with van der Waals surface area (Å²) in [6, 6.07) is 9.11. The molecule has 1 aromatic carbocycles. The molecule has 1 aromatic heterocycles. The standard InChI is InChI=1S/C15H16N2O2/c16-12-9-14(15(18)19-10-5-1-2-6-10)17-13-8-4-3-7-11(12)13/h3-4,7-10H,1-2,5-6H2,(H2,16,17). The Labute approximate surface area is 111 Å². The number of anilines is 1. The van der Waals surface area contributed by atoms with Gasteiger partial charge in [0.05, 0.1) is 5.52 Å². The number of hydrogen-bond donors (Lipinski definition) is 1. The molecule has 0 radical (unpaired) electrons. The van der Waals surface area contributed by atoms with Gasteiger partial charge in [-0.25, -0.2) is 9.78 Å². The zero-order valence-electron chi connectivity index (χ0n) is 10.6. The van der Waals surface area contributed by atoms with Gasteiger partial charge in [0.15, 0.2) is 5.69 Å². The fourth-order valence-electron chi connectivity index (χ4n) is 2.52. The first-order valence-electron chi connectivity index (χ1n) is 6.60. The van der Waals surface area contributed by atoms with E-state index in [1.807, 2.05) is 24.3 Å². The highest BCUT2D eigenvalue weighted by molar-refractivity contribution is 5.96. The van der Waals surface area contributed by atoms with Crippen LogP contribution in [0.2, 0.25) is 0 Å². The number of para-hydroxylation sites is 1. The molecule has 1 heterocycles. The van der Waals surface area contributed by atoms with Crippen molar-refractivity contribution in [3.8, 4) is 0 Å². The summed E-state index contributed by atoms with van der Waals surface area (Å²) in [6.07, 6.45) is 4.21. The third-order valence-corrected chi connectivity index (χ3v) is 3.53. The molecule has 0 aliphatic heterocycles. The van der Waals surface area contributed by atoms with Crippen LogP contribution >= 0.6 is 0 Å². The first-order chi connectivity index (χ1) is 9.24. The summed E-state index contributed by atoms with van der Waals surface area (Å²) in [7, 11) is 0. The maximum atomic E-state index is 12.1. The second kappa shape index (κ2) is 4.88. The summed E-state index contributed by atoms with van der Waals surface area (Å²) in [4.78, 5) is 16.4. The number of benzene rings is 1. The van der Waals surface area contributed by atoms with E-state index >= 15 is 0 Å². The minimum atomic E-state index is -0.371. The molecule has 2 aromatic rings. The topological polar surface area (TPSA) is 65.2 Å². The Balaban J connectivity index is 1.89. The zero-order valence-corrected chi connectivity index (χ0v) is 10.6. The van der Waals surface area contributed by atoms with Gasteiger partial charge in [0, 0.05) is 11.1 Å². The molecule has 0 atom stereocenters. The van der Waals surface area contributed by atoms with Gasteiger partial charge < -0.3 is 10.5 Å². The fraction of sp³-hybridized carbons (Fsp3) is 0.333. The molecule has 1 aliphatic rings. The highest BCUT2D eigenvalue weighted by atomic mass is 16.5. The average molecular weight is 256 g/mol. The molecule has 1 saturated carbocycles. The normalized spacial score (nSPS) is 15.8. The van der Waals surface area contributed by atoms with Gasteiger partial charge in [0.1, 0.15) is 6.10 Å². The number of ether oxygens (including phenoxy) is 1. The number of pyridine rings is 1. The van der Waals surface area contributed by atoms with Crippen LogP contribution in [-0.2, 0) is 4.74 Å². The molecular weight excluding hydrogens is 240 g/mol. The van der Waals surface area contributed by atoms with Crippen molar-refractivity contribution in [1.82, 2.24) is 4.98 Å². The smallest absolute Gasteiger partial charge is 0.357 e. The maximum Gasteiger partial charge on any atom is 0.357 e. The van der Waals surface area contributed by atoms with E-state index in [0.29, 0.717) is 11.4 Å². The molecule has 1 aliphatic carbocycles. The Morgan fingerprint density at radius 1 is 1.26 bits per heavy atom. The van der Waals surface area contributed by atoms with Crippen molar-refractivity contribution in [2.24, 2.45) is 0 Å². The third kappa shape index (κ3) is 2.38. The summed E-state index contributed by atoms with van der Waals surface area (Å²) >= 11 is 0. The van der Waals surface area contributed by atoms with E-state index in [0.717, 1.165) is 36.6 Å². The van der Waals surface area contributed by atoms with Gasteiger partial charge in [0.25, 0.3) is 0 Å². The van der Waals surface area contributed by atoms with E-state index in [2.05, 4.69) is 4.98 Å². The van der Waals surface area contributed by atoms with Crippen LogP contribution in [0, 0.1) is 0 Å². The molecule has 0 amide bonds. The van der Waals surface area contributed by atoms with E-state index in [1.165, 1.54) is 0 Å². The molecule has 4 nitrogen and oxygen atoms in total. The van der Waals surface area contributed by atoms with Crippen LogP contribution < -0.4 is 5.73 Å². The van der Waals surface area contributed by atoms with Crippen LogP contribution in [0.4, 0.5) is 5.69 Å². The monoisotopic (exact) mass is 256 g/mol. The summed E-state index contributed by atoms with van der Waals surface area (Å²) in [5.41, 5.74) is 7.53. The van der Waals surface area contributed by atoms with Gasteiger partial charge in [-0.15, -0.1) is 0 Å². The summed E-state index contributed by atoms with van der Waals surface area (Å²) < 4.78 is 5.44. The molecule has 0 bridgehead atoms. The van der Waals surface area contributed by atoms with Crippen molar-refractivity contribution >= 4 is 22.6 Å². The number of nitrogens with two attached hydrogens (primary N) is 1. The summed E-state index contributed by atoms with van der Waals surface area (Å²) in [6.45, 7) is 0. The van der Waals surface area contributed by atoms with Crippen LogP contribution in [0.5, 0.6) is 0 Å². The maximum absolute atomic E-state index is 12.1. The Bertz CT molecular complexity index is 619. The zero-order chi connectivity index (χ0) is 13.2. The molecular formula is C15H16N2O2. The highest BCUT2D eigenvalue weighted by Gasteiger charge is 2.21. The van der Waals surface area contributed by atoms with Crippen molar-refractivity contribution in [2.45, 2.75) is 31.8 Å². The largest absolute Gasteiger partial charge is 0.458 e. The molecule has 3 rings (SSSR count). The molecule has 4 heteroatoms. The molecule has 19 heavy (non-hydrogen) atoms. The second-order valence-corrected chi connectivity index (χ2v) is 4.93. The van der Waals surface area contributed by atoms with Crippen LogP contribution in [-0.4, -0.2) is 17.1 Å². The second-order valence-electron chi connectivity index (χ2n) is 4.93. The van der Waals surface area contributed by atoms with E-state index in [4.69, 9.17) is 10.5 Å². The van der Waals surface area contributed by atoms with Crippen LogP contribution in [0.15, 0.2) is 30.3 Å². The van der Waals surface area contributed by atoms with Gasteiger partial charge in [-0.3, -0.25) is 0 Å². The Morgan fingerprint density at radius 2 is 2.00 bits per heavy atom. The number of nitrogens with zero attached hydrogens (tertiary/aromatic N) is 1. The average Bonchev–Trinajstić information content (AvgIpc) is 2.91. The Kier molecular flexibility index (Phi) is 3.07. The quantitative estimate of drug-likeness (QED) is 0.839. The first kappa shape index (κ1) is 12.0. The van der Waals surface area contributed by atoms with Crippen LogP contribution in [0.1, 0.15) is 36.2 Å². The van der Waals surface area contributed by atoms with Crippen LogP contribution in [0.3, 0.4) is 0 Å². The number of nitrogen functional groups attached to an aromatic ring is 1. The van der Waals surface area contributed by atoms with Crippen molar-refractivity contribution < 1.29 is 9.53 Å². The van der Waals surface area contributed by atoms with E-state index < -0.39 is 0 Å². The SMILES string of the molecule is Nc1cc(C(=O)OC2CCCC2)nc2ccccc12. The van der Waals surface area contributed by atoms with E-state index in [1.54, 1.807) is 6.07 Å². The molecule has 0 saturated heterocycles. The lowest BCUT2D eigenvalue weighted by molar-refractivity contribution is 0.0311. The van der Waals surface area contributed by atoms with Gasteiger partial charge in [0.2, 0.25) is 0 Å². The Hall–Kier alpha value is -2.10. The summed E-state index contributed by atoms with van der Waals surface area (Å²) in [5, 5.41) is 0.861. The number of rotatable bonds is 2. The minimum absolute atomic E-state index is 0.0435. The fourth-order valence-corrected chi connectivity index (χ4v) is 2.52. The van der Waals surface area contributed by atoms with Crippen molar-refractivity contribution in [3.05, 3.63) is 36.0 Å². The number of carbonyl (C=O) groups is 1. The number of esters is 1. The van der Waals surface area contributed by atoms with Gasteiger partial charge in [-0.1, -0.05) is 18.2 Å². The highest BCUT2D eigenvalue weighted by Crippen LogP contribution is 2.24. The van der Waals surface area contributed by atoms with Gasteiger partial charge in [-0.05, 0) is 37.8 Å². The summed E-state index contributed by atoms with van der Waals surface area (Å²) in [5.74, 6) is -0.371. The van der Waals surface area contributed by atoms with Gasteiger partial charge >= 0.3 is 5.97 Å². The number of fused-ring (bicyclic) bond motifs is 1. The lowest BCUT2D eigenvalue weighted by Crippen LogP contribution is -2.16. The molecule has 98 valence electrons.